The first-order chi connectivity index (χ1) is 9.96. The molecule has 0 aliphatic carbocycles. The number of anilines is 2. The lowest BCUT2D eigenvalue weighted by Gasteiger charge is -2.34. The highest BCUT2D eigenvalue weighted by Crippen LogP contribution is 2.18. The van der Waals surface area contributed by atoms with Crippen molar-refractivity contribution in [1.82, 2.24) is 14.3 Å². The number of piperazine rings is 1. The van der Waals surface area contributed by atoms with Gasteiger partial charge >= 0.3 is 0 Å². The first kappa shape index (κ1) is 16.0. The van der Waals surface area contributed by atoms with E-state index in [0.717, 1.165) is 18.1 Å². The molecule has 0 unspecified atom stereocenters. The lowest BCUT2D eigenvalue weighted by Crippen LogP contribution is -2.49. The van der Waals surface area contributed by atoms with Gasteiger partial charge < -0.3 is 10.2 Å². The summed E-state index contributed by atoms with van der Waals surface area (Å²) < 4.78 is 25.3. The largest absolute Gasteiger partial charge is 0.354 e. The number of sulfonamides is 1. The molecule has 1 aliphatic rings. The first-order valence-electron chi connectivity index (χ1n) is 7.28. The Morgan fingerprint density at radius 1 is 1.19 bits per heavy atom. The summed E-state index contributed by atoms with van der Waals surface area (Å²) >= 11 is 0. The molecule has 0 aromatic carbocycles. The number of aromatic nitrogens is 2. The molecule has 1 aliphatic heterocycles. The lowest BCUT2D eigenvalue weighted by atomic mass is 10.3. The zero-order chi connectivity index (χ0) is 15.5. The fraction of sp³-hybridized carbons (Fsp3) is 0.692. The summed E-state index contributed by atoms with van der Waals surface area (Å²) in [4.78, 5) is 10.9. The van der Waals surface area contributed by atoms with Crippen LogP contribution in [0.15, 0.2) is 6.07 Å². The minimum Gasteiger partial charge on any atom is -0.354 e. The molecule has 1 saturated heterocycles. The molecule has 0 saturated carbocycles. The Morgan fingerprint density at radius 2 is 1.86 bits per heavy atom. The van der Waals surface area contributed by atoms with Gasteiger partial charge in [-0.25, -0.2) is 13.4 Å². The number of nitrogens with one attached hydrogen (secondary N) is 1. The van der Waals surface area contributed by atoms with Crippen molar-refractivity contribution in [2.75, 3.05) is 48.7 Å². The summed E-state index contributed by atoms with van der Waals surface area (Å²) in [5, 5.41) is 3.11. The molecule has 0 radical (unpaired) electrons. The van der Waals surface area contributed by atoms with E-state index in [-0.39, 0.29) is 5.75 Å². The maximum absolute atomic E-state index is 11.9. The van der Waals surface area contributed by atoms with Gasteiger partial charge in [-0.15, -0.1) is 0 Å². The van der Waals surface area contributed by atoms with E-state index in [9.17, 15) is 8.42 Å². The van der Waals surface area contributed by atoms with E-state index >= 15 is 0 Å². The Morgan fingerprint density at radius 3 is 2.43 bits per heavy atom. The fourth-order valence-corrected chi connectivity index (χ4v) is 3.41. The third-order valence-electron chi connectivity index (χ3n) is 3.50. The van der Waals surface area contributed by atoms with Crippen LogP contribution < -0.4 is 10.2 Å². The number of hydrogen-bond donors (Lipinski definition) is 1. The smallest absolute Gasteiger partial charge is 0.224 e. The second-order valence-electron chi connectivity index (χ2n) is 5.01. The third kappa shape index (κ3) is 3.82. The van der Waals surface area contributed by atoms with Gasteiger partial charge in [-0.1, -0.05) is 0 Å². The quantitative estimate of drug-likeness (QED) is 0.861. The van der Waals surface area contributed by atoms with E-state index in [2.05, 4.69) is 20.2 Å². The van der Waals surface area contributed by atoms with Gasteiger partial charge in [0.05, 0.1) is 5.75 Å². The van der Waals surface area contributed by atoms with Crippen molar-refractivity contribution in [2.24, 2.45) is 0 Å². The molecule has 2 heterocycles. The van der Waals surface area contributed by atoms with Gasteiger partial charge in [-0.2, -0.15) is 9.29 Å². The molecule has 1 N–H and O–H groups in total. The highest BCUT2D eigenvalue weighted by Gasteiger charge is 2.26. The average Bonchev–Trinajstić information content (AvgIpc) is 2.47. The van der Waals surface area contributed by atoms with Crippen LogP contribution in [0.25, 0.3) is 0 Å². The molecule has 0 atom stereocenters. The zero-order valence-corrected chi connectivity index (χ0v) is 13.7. The van der Waals surface area contributed by atoms with Crippen molar-refractivity contribution in [3.63, 3.8) is 0 Å². The second kappa shape index (κ2) is 6.57. The fourth-order valence-electron chi connectivity index (χ4n) is 2.33. The summed E-state index contributed by atoms with van der Waals surface area (Å²) in [5.41, 5.74) is 0.902. The first-order valence-corrected chi connectivity index (χ1v) is 8.89. The van der Waals surface area contributed by atoms with E-state index in [0.29, 0.717) is 32.1 Å². The van der Waals surface area contributed by atoms with Crippen LogP contribution in [0.4, 0.5) is 11.8 Å². The normalized spacial score (nSPS) is 17.0. The van der Waals surface area contributed by atoms with Crippen LogP contribution in [0.3, 0.4) is 0 Å². The summed E-state index contributed by atoms with van der Waals surface area (Å²) in [6.45, 7) is 8.71. The number of rotatable bonds is 5. The maximum Gasteiger partial charge on any atom is 0.224 e. The van der Waals surface area contributed by atoms with Crippen molar-refractivity contribution < 1.29 is 8.42 Å². The summed E-state index contributed by atoms with van der Waals surface area (Å²) in [5.74, 6) is 1.63. The highest BCUT2D eigenvalue weighted by molar-refractivity contribution is 7.89. The summed E-state index contributed by atoms with van der Waals surface area (Å²) in [7, 11) is -3.09. The molecule has 0 spiro atoms. The van der Waals surface area contributed by atoms with Gasteiger partial charge in [0, 0.05) is 44.5 Å². The Bertz CT molecular complexity index is 582. The van der Waals surface area contributed by atoms with E-state index in [4.69, 9.17) is 0 Å². The predicted octanol–water partition coefficient (Wildman–Crippen LogP) is 0.689. The standard InChI is InChI=1S/C13H23N5O2S/c1-4-14-13-15-11(3)10-12(16-13)17-6-8-18(9-7-17)21(19,20)5-2/h10H,4-9H2,1-3H3,(H,14,15,16). The van der Waals surface area contributed by atoms with Crippen molar-refractivity contribution >= 4 is 21.8 Å². The molecule has 7 nitrogen and oxygen atoms in total. The van der Waals surface area contributed by atoms with Crippen LogP contribution >= 0.6 is 0 Å². The van der Waals surface area contributed by atoms with E-state index in [1.165, 1.54) is 0 Å². The van der Waals surface area contributed by atoms with E-state index in [1.807, 2.05) is 19.9 Å². The molecule has 8 heteroatoms. The predicted molar refractivity (Wildman–Crippen MR) is 84.2 cm³/mol. The molecule has 118 valence electrons. The average molecular weight is 313 g/mol. The summed E-state index contributed by atoms with van der Waals surface area (Å²) in [6, 6.07) is 1.94. The number of nitrogens with zero attached hydrogens (tertiary/aromatic N) is 4. The van der Waals surface area contributed by atoms with Crippen molar-refractivity contribution in [1.29, 1.82) is 0 Å². The highest BCUT2D eigenvalue weighted by atomic mass is 32.2. The van der Waals surface area contributed by atoms with Gasteiger partial charge in [-0.3, -0.25) is 0 Å². The van der Waals surface area contributed by atoms with Gasteiger partial charge in [0.15, 0.2) is 0 Å². The molecular formula is C13H23N5O2S. The second-order valence-corrected chi connectivity index (χ2v) is 7.27. The summed E-state index contributed by atoms with van der Waals surface area (Å²) in [6.07, 6.45) is 0. The minimum absolute atomic E-state index is 0.157. The molecule has 0 bridgehead atoms. The zero-order valence-electron chi connectivity index (χ0n) is 12.8. The van der Waals surface area contributed by atoms with E-state index in [1.54, 1.807) is 11.2 Å². The maximum atomic E-state index is 11.9. The molecule has 0 amide bonds. The monoisotopic (exact) mass is 313 g/mol. The van der Waals surface area contributed by atoms with Crippen LogP contribution in [0, 0.1) is 6.92 Å². The van der Waals surface area contributed by atoms with Gasteiger partial charge in [-0.05, 0) is 20.8 Å². The molecule has 1 aromatic heterocycles. The van der Waals surface area contributed by atoms with Gasteiger partial charge in [0.25, 0.3) is 0 Å². The molecular weight excluding hydrogens is 290 g/mol. The minimum atomic E-state index is -3.09. The topological polar surface area (TPSA) is 78.4 Å². The van der Waals surface area contributed by atoms with Crippen LogP contribution in [-0.2, 0) is 10.0 Å². The Labute approximate surface area is 126 Å². The Kier molecular flexibility index (Phi) is 5.00. The molecule has 21 heavy (non-hydrogen) atoms. The van der Waals surface area contributed by atoms with Crippen molar-refractivity contribution in [2.45, 2.75) is 20.8 Å². The van der Waals surface area contributed by atoms with Crippen LogP contribution in [0.2, 0.25) is 0 Å². The van der Waals surface area contributed by atoms with Gasteiger partial charge in [0.2, 0.25) is 16.0 Å². The lowest BCUT2D eigenvalue weighted by molar-refractivity contribution is 0.384. The van der Waals surface area contributed by atoms with Gasteiger partial charge in [0.1, 0.15) is 5.82 Å². The molecule has 1 fully saturated rings. The third-order valence-corrected chi connectivity index (χ3v) is 5.38. The Balaban J connectivity index is 2.08. The number of hydrogen-bond acceptors (Lipinski definition) is 6. The van der Waals surface area contributed by atoms with Crippen LogP contribution in [0.1, 0.15) is 19.5 Å². The van der Waals surface area contributed by atoms with E-state index < -0.39 is 10.0 Å². The molecule has 1 aromatic rings. The van der Waals surface area contributed by atoms with Crippen LogP contribution in [0.5, 0.6) is 0 Å². The van der Waals surface area contributed by atoms with Crippen LogP contribution in [-0.4, -0.2) is 61.2 Å². The van der Waals surface area contributed by atoms with Crippen molar-refractivity contribution in [3.8, 4) is 0 Å². The SMILES string of the molecule is CCNc1nc(C)cc(N2CCN(S(=O)(=O)CC)CC2)n1. The molecule has 2 rings (SSSR count). The van der Waals surface area contributed by atoms with Crippen molar-refractivity contribution in [3.05, 3.63) is 11.8 Å². The number of aryl methyl sites for hydroxylation is 1. The Hall–Kier alpha value is -1.41.